The van der Waals surface area contributed by atoms with Gasteiger partial charge >= 0.3 is 0 Å². The molecule has 0 radical (unpaired) electrons. The number of hydrogen-bond acceptors (Lipinski definition) is 1. The van der Waals surface area contributed by atoms with Crippen LogP contribution in [-0.4, -0.2) is 5.04 Å². The molecule has 0 spiro atoms. The average Bonchev–Trinajstić information content (AvgIpc) is 1.82. The van der Waals surface area contributed by atoms with E-state index in [1.807, 2.05) is 32.1 Å². The van der Waals surface area contributed by atoms with Crippen LogP contribution in [0.1, 0.15) is 13.8 Å². The predicted octanol–water partition coefficient (Wildman–Crippen LogP) is 2.42. The molecule has 0 unspecified atom stereocenters. The first-order chi connectivity index (χ1) is 4.18. The van der Waals surface area contributed by atoms with E-state index in [1.165, 1.54) is 0 Å². The van der Waals surface area contributed by atoms with Crippen LogP contribution >= 0.6 is 12.6 Å². The molecule has 0 saturated heterocycles. The lowest BCUT2D eigenvalue weighted by Gasteiger charge is -1.90. The summed E-state index contributed by atoms with van der Waals surface area (Å²) in [6.07, 6.45) is 5.66. The number of allylic oxidation sites excluding steroid dienone is 3. The third kappa shape index (κ3) is 4.03. The van der Waals surface area contributed by atoms with Gasteiger partial charge < -0.3 is 0 Å². The molecule has 0 heterocycles. The van der Waals surface area contributed by atoms with Gasteiger partial charge in [0.15, 0.2) is 0 Å². The summed E-state index contributed by atoms with van der Waals surface area (Å²) < 4.78 is 0. The van der Waals surface area contributed by atoms with E-state index in [2.05, 4.69) is 12.6 Å². The lowest BCUT2D eigenvalue weighted by Crippen LogP contribution is -1.83. The van der Waals surface area contributed by atoms with Crippen molar-refractivity contribution in [2.45, 2.75) is 13.8 Å². The van der Waals surface area contributed by atoms with E-state index in [0.717, 1.165) is 5.57 Å². The smallest absolute Gasteiger partial charge is 0.0868 e. The van der Waals surface area contributed by atoms with Crippen LogP contribution in [0, 0.1) is 5.41 Å². The van der Waals surface area contributed by atoms with E-state index in [0.29, 0.717) is 5.04 Å². The molecule has 0 aromatic carbocycles. The van der Waals surface area contributed by atoms with Crippen LogP contribution < -0.4 is 0 Å². The van der Waals surface area contributed by atoms with E-state index < -0.39 is 0 Å². The Hall–Kier alpha value is -0.500. The molecule has 2 heteroatoms. The highest BCUT2D eigenvalue weighted by atomic mass is 32.1. The van der Waals surface area contributed by atoms with Gasteiger partial charge in [-0.25, -0.2) is 0 Å². The molecule has 0 fully saturated rings. The van der Waals surface area contributed by atoms with E-state index in [-0.39, 0.29) is 0 Å². The molecule has 0 aliphatic carbocycles. The largest absolute Gasteiger partial charge is 0.294 e. The van der Waals surface area contributed by atoms with Crippen LogP contribution in [-0.2, 0) is 0 Å². The Morgan fingerprint density at radius 3 is 2.44 bits per heavy atom. The normalized spacial score (nSPS) is 12.6. The van der Waals surface area contributed by atoms with Gasteiger partial charge in [0, 0.05) is 0 Å². The maximum absolute atomic E-state index is 7.04. The Labute approximate surface area is 61.4 Å². The molecule has 0 saturated carbocycles. The summed E-state index contributed by atoms with van der Waals surface area (Å²) in [6, 6.07) is 0. The van der Waals surface area contributed by atoms with Crippen molar-refractivity contribution in [1.82, 2.24) is 0 Å². The van der Waals surface area contributed by atoms with Gasteiger partial charge in [0.2, 0.25) is 0 Å². The highest BCUT2D eigenvalue weighted by Crippen LogP contribution is 1.97. The zero-order valence-electron chi connectivity index (χ0n) is 5.68. The molecule has 0 aromatic rings. The third-order valence-electron chi connectivity index (χ3n) is 0.912. The standard InChI is InChI=1S/C7H11NS/c1-3-4-5-6(2)7(8)9/h3-5H,1-2H3,(H2,8,9)/b4-3-,6-5-. The molecule has 0 aliphatic heterocycles. The van der Waals surface area contributed by atoms with Crippen molar-refractivity contribution in [1.29, 1.82) is 5.41 Å². The minimum absolute atomic E-state index is 0.327. The van der Waals surface area contributed by atoms with Crippen LogP contribution in [0.2, 0.25) is 0 Å². The van der Waals surface area contributed by atoms with Gasteiger partial charge in [-0.2, -0.15) is 0 Å². The second kappa shape index (κ2) is 4.39. The Bertz CT molecular complexity index is 156. The van der Waals surface area contributed by atoms with E-state index in [4.69, 9.17) is 5.41 Å². The molecule has 9 heavy (non-hydrogen) atoms. The van der Waals surface area contributed by atoms with Crippen LogP contribution in [0.3, 0.4) is 0 Å². The molecule has 0 amide bonds. The first kappa shape index (κ1) is 8.50. The first-order valence-electron chi connectivity index (χ1n) is 2.76. The van der Waals surface area contributed by atoms with Gasteiger partial charge in [0.05, 0.1) is 5.04 Å². The van der Waals surface area contributed by atoms with Crippen molar-refractivity contribution in [3.05, 3.63) is 23.8 Å². The summed E-state index contributed by atoms with van der Waals surface area (Å²) in [6.45, 7) is 3.79. The van der Waals surface area contributed by atoms with Crippen molar-refractivity contribution >= 4 is 17.7 Å². The second-order valence-corrected chi connectivity index (χ2v) is 2.17. The lowest BCUT2D eigenvalue weighted by molar-refractivity contribution is 1.49. The fourth-order valence-electron chi connectivity index (χ4n) is 0.319. The SMILES string of the molecule is C/C=C\C=C(\C)C(=N)S. The number of nitrogens with one attached hydrogen (secondary N) is 1. The zero-order valence-corrected chi connectivity index (χ0v) is 6.57. The molecule has 0 rings (SSSR count). The maximum Gasteiger partial charge on any atom is 0.0868 e. The molecular formula is C7H11NS. The van der Waals surface area contributed by atoms with Crippen molar-refractivity contribution in [3.8, 4) is 0 Å². The molecule has 50 valence electrons. The summed E-state index contributed by atoms with van der Waals surface area (Å²) in [5, 5.41) is 7.37. The highest BCUT2D eigenvalue weighted by molar-refractivity contribution is 7.97. The monoisotopic (exact) mass is 141 g/mol. The van der Waals surface area contributed by atoms with Gasteiger partial charge in [-0.1, -0.05) is 18.2 Å². The van der Waals surface area contributed by atoms with Crippen LogP contribution in [0.5, 0.6) is 0 Å². The predicted molar refractivity (Wildman–Crippen MR) is 45.3 cm³/mol. The van der Waals surface area contributed by atoms with E-state index in [9.17, 15) is 0 Å². The van der Waals surface area contributed by atoms with E-state index in [1.54, 1.807) is 0 Å². The van der Waals surface area contributed by atoms with Crippen LogP contribution in [0.4, 0.5) is 0 Å². The number of thiol groups is 1. The summed E-state index contributed by atoms with van der Waals surface area (Å²) in [5.41, 5.74) is 0.886. The first-order valence-corrected chi connectivity index (χ1v) is 3.20. The third-order valence-corrected chi connectivity index (χ3v) is 1.26. The molecular weight excluding hydrogens is 130 g/mol. The minimum atomic E-state index is 0.327. The highest BCUT2D eigenvalue weighted by Gasteiger charge is 1.86. The fourth-order valence-corrected chi connectivity index (χ4v) is 0.394. The van der Waals surface area contributed by atoms with Crippen molar-refractivity contribution in [3.63, 3.8) is 0 Å². The molecule has 1 N–H and O–H groups in total. The van der Waals surface area contributed by atoms with Gasteiger partial charge in [0.25, 0.3) is 0 Å². The van der Waals surface area contributed by atoms with Crippen LogP contribution in [0.15, 0.2) is 23.8 Å². The van der Waals surface area contributed by atoms with Gasteiger partial charge in [-0.05, 0) is 19.4 Å². The van der Waals surface area contributed by atoms with E-state index >= 15 is 0 Å². The lowest BCUT2D eigenvalue weighted by atomic mass is 10.3. The van der Waals surface area contributed by atoms with Crippen LogP contribution in [0.25, 0.3) is 0 Å². The van der Waals surface area contributed by atoms with Gasteiger partial charge in [-0.3, -0.25) is 5.41 Å². The summed E-state index contributed by atoms with van der Waals surface area (Å²) >= 11 is 3.85. The molecule has 0 bridgehead atoms. The zero-order chi connectivity index (χ0) is 7.28. The van der Waals surface area contributed by atoms with Gasteiger partial charge in [0.1, 0.15) is 0 Å². The number of hydrogen-bond donors (Lipinski definition) is 2. The summed E-state index contributed by atoms with van der Waals surface area (Å²) in [4.78, 5) is 0. The van der Waals surface area contributed by atoms with Crippen molar-refractivity contribution in [2.75, 3.05) is 0 Å². The van der Waals surface area contributed by atoms with Gasteiger partial charge in [-0.15, -0.1) is 12.6 Å². The average molecular weight is 141 g/mol. The Morgan fingerprint density at radius 1 is 1.56 bits per heavy atom. The molecule has 0 aromatic heterocycles. The topological polar surface area (TPSA) is 23.9 Å². The second-order valence-electron chi connectivity index (χ2n) is 1.72. The Kier molecular flexibility index (Phi) is 4.14. The molecule has 1 nitrogen and oxygen atoms in total. The number of rotatable bonds is 2. The summed E-state index contributed by atoms with van der Waals surface area (Å²) in [5.74, 6) is 0. The Balaban J connectivity index is 4.00. The maximum atomic E-state index is 7.04. The van der Waals surface area contributed by atoms with Crippen molar-refractivity contribution in [2.24, 2.45) is 0 Å². The summed E-state index contributed by atoms with van der Waals surface area (Å²) in [7, 11) is 0. The minimum Gasteiger partial charge on any atom is -0.294 e. The quantitative estimate of drug-likeness (QED) is 0.255. The van der Waals surface area contributed by atoms with Crippen molar-refractivity contribution < 1.29 is 0 Å². The fraction of sp³-hybridized carbons (Fsp3) is 0.286. The Morgan fingerprint density at radius 2 is 2.11 bits per heavy atom. The molecule has 0 aliphatic rings. The molecule has 0 atom stereocenters.